The summed E-state index contributed by atoms with van der Waals surface area (Å²) < 4.78 is 18.8. The predicted molar refractivity (Wildman–Crippen MR) is 117 cm³/mol. The molecule has 0 N–H and O–H groups in total. The second kappa shape index (κ2) is 7.87. The first-order valence-electron chi connectivity index (χ1n) is 10.9. The zero-order valence-electron chi connectivity index (χ0n) is 17.6. The minimum atomic E-state index is -0.144. The van der Waals surface area contributed by atoms with Gasteiger partial charge in [-0.15, -0.1) is 0 Å². The first-order valence-corrected chi connectivity index (χ1v) is 10.9. The summed E-state index contributed by atoms with van der Waals surface area (Å²) in [4.78, 5) is 17.3. The van der Waals surface area contributed by atoms with E-state index in [4.69, 9.17) is 14.2 Å². The van der Waals surface area contributed by atoms with Gasteiger partial charge in [-0.05, 0) is 35.9 Å². The number of carbonyl (C=O) groups excluding carboxylic acids is 1. The third-order valence-corrected chi connectivity index (χ3v) is 6.31. The van der Waals surface area contributed by atoms with Crippen LogP contribution < -0.4 is 14.4 Å². The highest BCUT2D eigenvalue weighted by Crippen LogP contribution is 2.36. The molecule has 1 saturated heterocycles. The minimum Gasteiger partial charge on any atom is -0.454 e. The Labute approximate surface area is 185 Å². The molecule has 1 atom stereocenters. The molecule has 0 saturated carbocycles. The number of nitrogens with zero attached hydrogens (tertiary/aromatic N) is 4. The van der Waals surface area contributed by atoms with E-state index in [1.54, 1.807) is 0 Å². The van der Waals surface area contributed by atoms with Gasteiger partial charge in [0.25, 0.3) is 5.91 Å². The fourth-order valence-corrected chi connectivity index (χ4v) is 4.51. The molecule has 32 heavy (non-hydrogen) atoms. The maximum absolute atomic E-state index is 13.1. The molecule has 3 aliphatic heterocycles. The Morgan fingerprint density at radius 2 is 1.75 bits per heavy atom. The number of benzene rings is 2. The Balaban J connectivity index is 1.13. The third-order valence-electron chi connectivity index (χ3n) is 6.31. The molecule has 3 aromatic rings. The van der Waals surface area contributed by atoms with Gasteiger partial charge in [-0.3, -0.25) is 9.48 Å². The van der Waals surface area contributed by atoms with Crippen LogP contribution in [0.25, 0.3) is 0 Å². The van der Waals surface area contributed by atoms with Crippen molar-refractivity contribution in [2.75, 3.05) is 37.9 Å². The van der Waals surface area contributed by atoms with E-state index in [0.717, 1.165) is 35.8 Å². The van der Waals surface area contributed by atoms with Crippen LogP contribution >= 0.6 is 0 Å². The van der Waals surface area contributed by atoms with Gasteiger partial charge in [0.15, 0.2) is 17.2 Å². The fourth-order valence-electron chi connectivity index (χ4n) is 4.51. The molecule has 0 radical (unpaired) electrons. The van der Waals surface area contributed by atoms with Crippen LogP contribution in [0.2, 0.25) is 0 Å². The fraction of sp³-hybridized carbons (Fsp3) is 0.333. The molecule has 0 spiro atoms. The van der Waals surface area contributed by atoms with E-state index in [0.29, 0.717) is 31.9 Å². The number of amides is 1. The Morgan fingerprint density at radius 1 is 0.938 bits per heavy atom. The lowest BCUT2D eigenvalue weighted by Gasteiger charge is -2.35. The van der Waals surface area contributed by atoms with Crippen LogP contribution in [0.5, 0.6) is 11.5 Å². The van der Waals surface area contributed by atoms with Crippen LogP contribution in [0.4, 0.5) is 5.69 Å². The van der Waals surface area contributed by atoms with Gasteiger partial charge in [0.1, 0.15) is 6.10 Å². The van der Waals surface area contributed by atoms with Crippen molar-refractivity contribution < 1.29 is 19.0 Å². The van der Waals surface area contributed by atoms with E-state index in [1.165, 1.54) is 5.69 Å². The SMILES string of the molecule is O=C(c1cc2n(n1)CC(c1ccc3c(c1)OCO3)OC2)N1CCN(c2ccccc2)CC1. The Morgan fingerprint density at radius 3 is 2.59 bits per heavy atom. The summed E-state index contributed by atoms with van der Waals surface area (Å²) in [5.41, 5.74) is 3.63. The van der Waals surface area contributed by atoms with Gasteiger partial charge in [-0.1, -0.05) is 24.3 Å². The largest absolute Gasteiger partial charge is 0.454 e. The zero-order chi connectivity index (χ0) is 21.5. The molecule has 8 heteroatoms. The molecule has 1 unspecified atom stereocenters. The van der Waals surface area contributed by atoms with Crippen molar-refractivity contribution >= 4 is 11.6 Å². The van der Waals surface area contributed by atoms with Crippen molar-refractivity contribution in [1.29, 1.82) is 0 Å². The average Bonchev–Trinajstić information content (AvgIpc) is 3.50. The molecule has 4 heterocycles. The number of para-hydroxylation sites is 1. The summed E-state index contributed by atoms with van der Waals surface area (Å²) in [5.74, 6) is 1.48. The van der Waals surface area contributed by atoms with E-state index < -0.39 is 0 Å². The summed E-state index contributed by atoms with van der Waals surface area (Å²) in [6, 6.07) is 18.0. The van der Waals surface area contributed by atoms with E-state index in [2.05, 4.69) is 22.1 Å². The standard InChI is InChI=1S/C24H24N4O4/c29-24(27-10-8-26(9-11-27)18-4-2-1-3-5-18)20-13-19-15-30-23(14-28(19)25-20)17-6-7-21-22(12-17)32-16-31-21/h1-7,12-13,23H,8-11,14-16H2. The van der Waals surface area contributed by atoms with Crippen LogP contribution in [0, 0.1) is 0 Å². The molecule has 0 aliphatic carbocycles. The quantitative estimate of drug-likeness (QED) is 0.634. The first kappa shape index (κ1) is 19.2. The number of fused-ring (bicyclic) bond motifs is 2. The van der Waals surface area contributed by atoms with Crippen molar-refractivity contribution in [3.63, 3.8) is 0 Å². The monoisotopic (exact) mass is 432 g/mol. The Bertz CT molecular complexity index is 1140. The Hall–Kier alpha value is -3.52. The van der Waals surface area contributed by atoms with Crippen molar-refractivity contribution in [2.24, 2.45) is 0 Å². The molecular weight excluding hydrogens is 408 g/mol. The van der Waals surface area contributed by atoms with E-state index in [9.17, 15) is 4.79 Å². The van der Waals surface area contributed by atoms with Crippen LogP contribution in [0.1, 0.15) is 27.8 Å². The second-order valence-electron chi connectivity index (χ2n) is 8.23. The topological polar surface area (TPSA) is 69.1 Å². The molecular formula is C24H24N4O4. The van der Waals surface area contributed by atoms with Gasteiger partial charge in [0.2, 0.25) is 6.79 Å². The Kier molecular flexibility index (Phi) is 4.72. The van der Waals surface area contributed by atoms with Gasteiger partial charge >= 0.3 is 0 Å². The summed E-state index contributed by atoms with van der Waals surface area (Å²) in [7, 11) is 0. The molecule has 1 amide bonds. The van der Waals surface area contributed by atoms with Crippen molar-refractivity contribution in [1.82, 2.24) is 14.7 Å². The van der Waals surface area contributed by atoms with Gasteiger partial charge < -0.3 is 24.0 Å². The lowest BCUT2D eigenvalue weighted by molar-refractivity contribution is -0.00130. The molecule has 164 valence electrons. The number of piperazine rings is 1. The lowest BCUT2D eigenvalue weighted by Crippen LogP contribution is -2.48. The minimum absolute atomic E-state index is 0.0146. The van der Waals surface area contributed by atoms with Crippen molar-refractivity contribution in [3.05, 3.63) is 71.5 Å². The first-order chi connectivity index (χ1) is 15.7. The van der Waals surface area contributed by atoms with Crippen molar-refractivity contribution in [2.45, 2.75) is 19.3 Å². The number of rotatable bonds is 3. The van der Waals surface area contributed by atoms with Crippen LogP contribution in [0.3, 0.4) is 0 Å². The molecule has 1 aromatic heterocycles. The summed E-state index contributed by atoms with van der Waals surface area (Å²) in [6.45, 7) is 4.24. The summed E-state index contributed by atoms with van der Waals surface area (Å²) in [5, 5.41) is 4.63. The molecule has 3 aliphatic rings. The normalized spacial score (nSPS) is 19.7. The molecule has 6 rings (SSSR count). The average molecular weight is 432 g/mol. The third kappa shape index (κ3) is 3.46. The summed E-state index contributed by atoms with van der Waals surface area (Å²) in [6.07, 6.45) is -0.144. The predicted octanol–water partition coefficient (Wildman–Crippen LogP) is 2.85. The number of ether oxygens (including phenoxy) is 3. The molecule has 1 fully saturated rings. The highest BCUT2D eigenvalue weighted by molar-refractivity contribution is 5.92. The highest BCUT2D eigenvalue weighted by Gasteiger charge is 2.28. The van der Waals surface area contributed by atoms with Crippen LogP contribution in [-0.2, 0) is 17.9 Å². The van der Waals surface area contributed by atoms with Crippen LogP contribution in [-0.4, -0.2) is 53.6 Å². The van der Waals surface area contributed by atoms with E-state index in [1.807, 2.05) is 52.0 Å². The number of hydrogen-bond acceptors (Lipinski definition) is 6. The van der Waals surface area contributed by atoms with Gasteiger partial charge in [0, 0.05) is 31.9 Å². The zero-order valence-corrected chi connectivity index (χ0v) is 17.6. The summed E-state index contributed by atoms with van der Waals surface area (Å²) >= 11 is 0. The smallest absolute Gasteiger partial charge is 0.274 e. The molecule has 8 nitrogen and oxygen atoms in total. The highest BCUT2D eigenvalue weighted by atomic mass is 16.7. The molecule has 0 bridgehead atoms. The lowest BCUT2D eigenvalue weighted by atomic mass is 10.1. The van der Waals surface area contributed by atoms with Crippen LogP contribution in [0.15, 0.2) is 54.6 Å². The van der Waals surface area contributed by atoms with E-state index in [-0.39, 0.29) is 18.8 Å². The van der Waals surface area contributed by atoms with Crippen molar-refractivity contribution in [3.8, 4) is 11.5 Å². The second-order valence-corrected chi connectivity index (χ2v) is 8.23. The number of anilines is 1. The van der Waals surface area contributed by atoms with Gasteiger partial charge in [-0.25, -0.2) is 0 Å². The number of aromatic nitrogens is 2. The maximum atomic E-state index is 13.1. The number of hydrogen-bond donors (Lipinski definition) is 0. The maximum Gasteiger partial charge on any atom is 0.274 e. The number of carbonyl (C=O) groups is 1. The van der Waals surface area contributed by atoms with Gasteiger partial charge in [0.05, 0.1) is 18.8 Å². The van der Waals surface area contributed by atoms with Gasteiger partial charge in [-0.2, -0.15) is 5.10 Å². The molecule has 2 aromatic carbocycles. The van der Waals surface area contributed by atoms with E-state index >= 15 is 0 Å².